The molecule has 1 saturated carbocycles. The first-order chi connectivity index (χ1) is 7.00. The molecular weight excluding hydrogens is 188 g/mol. The molecule has 88 valence electrons. The number of carbonyl (C=O) groups is 1. The highest BCUT2D eigenvalue weighted by Crippen LogP contribution is 2.42. The molecule has 0 N–H and O–H groups in total. The molecule has 15 heavy (non-hydrogen) atoms. The van der Waals surface area contributed by atoms with Gasteiger partial charge >= 0.3 is 0 Å². The molecule has 0 bridgehead atoms. The van der Waals surface area contributed by atoms with Gasteiger partial charge in [0.05, 0.1) is 5.60 Å². The van der Waals surface area contributed by atoms with Gasteiger partial charge in [0.25, 0.3) is 0 Å². The van der Waals surface area contributed by atoms with Crippen LogP contribution in [0.1, 0.15) is 53.4 Å². The summed E-state index contributed by atoms with van der Waals surface area (Å²) in [5.74, 6) is 1.38. The summed E-state index contributed by atoms with van der Waals surface area (Å²) in [5, 5.41) is 0. The summed E-state index contributed by atoms with van der Waals surface area (Å²) < 4.78 is 5.88. The van der Waals surface area contributed by atoms with Gasteiger partial charge in [-0.3, -0.25) is 4.79 Å². The van der Waals surface area contributed by atoms with E-state index in [-0.39, 0.29) is 11.4 Å². The number of rotatable bonds is 5. The SMILES string of the molecule is CCCC(=O)COC1(C)C(C)CCC1C. The van der Waals surface area contributed by atoms with E-state index in [1.165, 1.54) is 12.8 Å². The topological polar surface area (TPSA) is 26.3 Å². The van der Waals surface area contributed by atoms with Crippen LogP contribution in [0.25, 0.3) is 0 Å². The second kappa shape index (κ2) is 5.11. The van der Waals surface area contributed by atoms with E-state index in [1.54, 1.807) is 0 Å². The van der Waals surface area contributed by atoms with E-state index < -0.39 is 0 Å². The zero-order valence-electron chi connectivity index (χ0n) is 10.5. The van der Waals surface area contributed by atoms with Crippen LogP contribution < -0.4 is 0 Å². The minimum atomic E-state index is -0.0800. The number of ether oxygens (including phenoxy) is 1. The summed E-state index contributed by atoms with van der Waals surface area (Å²) in [6, 6.07) is 0. The summed E-state index contributed by atoms with van der Waals surface area (Å²) >= 11 is 0. The van der Waals surface area contributed by atoms with Crippen molar-refractivity contribution in [2.45, 2.75) is 59.0 Å². The molecule has 0 saturated heterocycles. The highest BCUT2D eigenvalue weighted by atomic mass is 16.5. The lowest BCUT2D eigenvalue weighted by molar-refractivity contribution is -0.136. The molecule has 1 aliphatic carbocycles. The van der Waals surface area contributed by atoms with Gasteiger partial charge in [-0.05, 0) is 38.0 Å². The Hall–Kier alpha value is -0.370. The van der Waals surface area contributed by atoms with E-state index >= 15 is 0 Å². The lowest BCUT2D eigenvalue weighted by Crippen LogP contribution is -2.38. The van der Waals surface area contributed by atoms with Crippen LogP contribution in [-0.4, -0.2) is 18.0 Å². The van der Waals surface area contributed by atoms with Crippen molar-refractivity contribution in [1.29, 1.82) is 0 Å². The predicted molar refractivity (Wildman–Crippen MR) is 61.8 cm³/mol. The van der Waals surface area contributed by atoms with Gasteiger partial charge in [0.15, 0.2) is 5.78 Å². The zero-order valence-corrected chi connectivity index (χ0v) is 10.5. The number of hydrogen-bond donors (Lipinski definition) is 0. The third-order valence-corrected chi connectivity index (χ3v) is 4.06. The monoisotopic (exact) mass is 212 g/mol. The van der Waals surface area contributed by atoms with Gasteiger partial charge < -0.3 is 4.74 Å². The lowest BCUT2D eigenvalue weighted by Gasteiger charge is -2.33. The molecule has 0 aliphatic heterocycles. The number of ketones is 1. The first-order valence-electron chi connectivity index (χ1n) is 6.16. The van der Waals surface area contributed by atoms with Crippen molar-refractivity contribution in [1.82, 2.24) is 0 Å². The van der Waals surface area contributed by atoms with Crippen molar-refractivity contribution >= 4 is 5.78 Å². The fourth-order valence-corrected chi connectivity index (χ4v) is 2.43. The van der Waals surface area contributed by atoms with Crippen LogP contribution in [0.15, 0.2) is 0 Å². The Kier molecular flexibility index (Phi) is 4.32. The van der Waals surface area contributed by atoms with E-state index in [9.17, 15) is 4.79 Å². The van der Waals surface area contributed by atoms with Gasteiger partial charge in [0.1, 0.15) is 6.61 Å². The quantitative estimate of drug-likeness (QED) is 0.699. The smallest absolute Gasteiger partial charge is 0.158 e. The first kappa shape index (κ1) is 12.7. The van der Waals surface area contributed by atoms with Gasteiger partial charge in [-0.2, -0.15) is 0 Å². The van der Waals surface area contributed by atoms with Gasteiger partial charge in [-0.1, -0.05) is 20.8 Å². The van der Waals surface area contributed by atoms with Crippen molar-refractivity contribution < 1.29 is 9.53 Å². The van der Waals surface area contributed by atoms with Crippen molar-refractivity contribution in [3.05, 3.63) is 0 Å². The van der Waals surface area contributed by atoms with Crippen LogP contribution in [-0.2, 0) is 9.53 Å². The molecule has 0 heterocycles. The largest absolute Gasteiger partial charge is 0.367 e. The van der Waals surface area contributed by atoms with Crippen LogP contribution >= 0.6 is 0 Å². The Balaban J connectivity index is 2.45. The minimum absolute atomic E-state index is 0.0800. The standard InChI is InChI=1S/C13H24O2/c1-5-6-12(14)9-15-13(4)10(2)7-8-11(13)3/h10-11H,5-9H2,1-4H3. The van der Waals surface area contributed by atoms with E-state index in [2.05, 4.69) is 20.8 Å². The average Bonchev–Trinajstić information content (AvgIpc) is 2.44. The maximum atomic E-state index is 11.4. The summed E-state index contributed by atoms with van der Waals surface area (Å²) in [6.07, 6.45) is 4.02. The van der Waals surface area contributed by atoms with E-state index in [1.807, 2.05) is 6.92 Å². The number of hydrogen-bond acceptors (Lipinski definition) is 2. The van der Waals surface area contributed by atoms with E-state index in [0.717, 1.165) is 6.42 Å². The molecular formula is C13H24O2. The van der Waals surface area contributed by atoms with Crippen LogP contribution in [0.3, 0.4) is 0 Å². The number of Topliss-reactive ketones (excluding diaryl/α,β-unsaturated/α-hetero) is 1. The van der Waals surface area contributed by atoms with Crippen molar-refractivity contribution in [2.24, 2.45) is 11.8 Å². The predicted octanol–water partition coefficient (Wildman–Crippen LogP) is 3.20. The van der Waals surface area contributed by atoms with Crippen LogP contribution in [0.2, 0.25) is 0 Å². The van der Waals surface area contributed by atoms with Crippen molar-refractivity contribution in [3.8, 4) is 0 Å². The molecule has 0 aromatic heterocycles. The Bertz CT molecular complexity index is 213. The molecule has 2 nitrogen and oxygen atoms in total. The fourth-order valence-electron chi connectivity index (χ4n) is 2.43. The molecule has 0 aromatic rings. The molecule has 1 rings (SSSR count). The third kappa shape index (κ3) is 2.81. The van der Waals surface area contributed by atoms with Crippen molar-refractivity contribution in [3.63, 3.8) is 0 Å². The number of carbonyl (C=O) groups excluding carboxylic acids is 1. The molecule has 2 heteroatoms. The Morgan fingerprint density at radius 1 is 1.33 bits per heavy atom. The minimum Gasteiger partial charge on any atom is -0.367 e. The average molecular weight is 212 g/mol. The van der Waals surface area contributed by atoms with Gasteiger partial charge in [-0.25, -0.2) is 0 Å². The van der Waals surface area contributed by atoms with E-state index in [0.29, 0.717) is 24.9 Å². The molecule has 0 aromatic carbocycles. The second-order valence-corrected chi connectivity index (χ2v) is 5.14. The summed E-state index contributed by atoms with van der Waals surface area (Å²) in [6.45, 7) is 8.95. The highest BCUT2D eigenvalue weighted by Gasteiger charge is 2.43. The van der Waals surface area contributed by atoms with Crippen LogP contribution in [0, 0.1) is 11.8 Å². The van der Waals surface area contributed by atoms with Crippen LogP contribution in [0.4, 0.5) is 0 Å². The Labute approximate surface area is 93.4 Å². The van der Waals surface area contributed by atoms with Gasteiger partial charge in [0.2, 0.25) is 0 Å². The maximum absolute atomic E-state index is 11.4. The lowest BCUT2D eigenvalue weighted by atomic mass is 9.88. The summed E-state index contributed by atoms with van der Waals surface area (Å²) in [7, 11) is 0. The highest BCUT2D eigenvalue weighted by molar-refractivity contribution is 5.79. The normalized spacial score (nSPS) is 35.7. The summed E-state index contributed by atoms with van der Waals surface area (Å²) in [4.78, 5) is 11.4. The molecule has 1 fully saturated rings. The molecule has 2 unspecified atom stereocenters. The van der Waals surface area contributed by atoms with Gasteiger partial charge in [-0.15, -0.1) is 0 Å². The third-order valence-electron chi connectivity index (χ3n) is 4.06. The maximum Gasteiger partial charge on any atom is 0.158 e. The molecule has 1 aliphatic rings. The Morgan fingerprint density at radius 3 is 2.33 bits per heavy atom. The first-order valence-corrected chi connectivity index (χ1v) is 6.16. The summed E-state index contributed by atoms with van der Waals surface area (Å²) in [5.41, 5.74) is -0.0800. The molecule has 0 amide bonds. The van der Waals surface area contributed by atoms with Gasteiger partial charge in [0, 0.05) is 6.42 Å². The Morgan fingerprint density at radius 2 is 1.87 bits per heavy atom. The molecule has 0 spiro atoms. The van der Waals surface area contributed by atoms with Crippen molar-refractivity contribution in [2.75, 3.05) is 6.61 Å². The second-order valence-electron chi connectivity index (χ2n) is 5.14. The van der Waals surface area contributed by atoms with E-state index in [4.69, 9.17) is 4.74 Å². The molecule has 0 radical (unpaired) electrons. The zero-order chi connectivity index (χ0) is 11.5. The molecule has 2 atom stereocenters. The fraction of sp³-hybridized carbons (Fsp3) is 0.923. The van der Waals surface area contributed by atoms with Crippen LogP contribution in [0.5, 0.6) is 0 Å².